The van der Waals surface area contributed by atoms with E-state index >= 15 is 0 Å². The molecule has 0 unspecified atom stereocenters. The third-order valence-corrected chi connectivity index (χ3v) is 8.45. The first-order chi connectivity index (χ1) is 16.0. The van der Waals surface area contributed by atoms with Gasteiger partial charge in [-0.1, -0.05) is 18.2 Å². The fourth-order valence-electron chi connectivity index (χ4n) is 4.30. The molecule has 182 valence electrons. The molecule has 4 rings (SSSR count). The van der Waals surface area contributed by atoms with Crippen LogP contribution in [0, 0.1) is 12.8 Å². The number of alkyl halides is 3. The van der Waals surface area contributed by atoms with E-state index in [1.54, 1.807) is 20.2 Å². The number of carbonyl (C=O) groups is 1. The molecule has 1 aliphatic rings. The van der Waals surface area contributed by atoms with Crippen LogP contribution < -0.4 is 5.32 Å². The van der Waals surface area contributed by atoms with E-state index in [1.807, 2.05) is 30.3 Å². The maximum Gasteiger partial charge on any atom is 0.391 e. The van der Waals surface area contributed by atoms with Gasteiger partial charge >= 0.3 is 6.18 Å². The largest absolute Gasteiger partial charge is 0.391 e. The maximum atomic E-state index is 13.2. The molecule has 0 spiro atoms. The lowest BCUT2D eigenvalue weighted by molar-refractivity contribution is -0.182. The van der Waals surface area contributed by atoms with Crippen molar-refractivity contribution in [3.63, 3.8) is 0 Å². The summed E-state index contributed by atoms with van der Waals surface area (Å²) in [6, 6.07) is 10.6. The summed E-state index contributed by atoms with van der Waals surface area (Å²) >= 11 is 0. The van der Waals surface area contributed by atoms with Gasteiger partial charge in [-0.2, -0.15) is 17.5 Å². The Morgan fingerprint density at radius 3 is 2.56 bits per heavy atom. The summed E-state index contributed by atoms with van der Waals surface area (Å²) in [5.74, 6) is -1.95. The zero-order chi connectivity index (χ0) is 24.7. The summed E-state index contributed by atoms with van der Waals surface area (Å²) in [4.78, 5) is 17.1. The third kappa shape index (κ3) is 4.54. The second kappa shape index (κ2) is 9.03. The number of sulfonamides is 1. The van der Waals surface area contributed by atoms with Crippen LogP contribution in [0.15, 0.2) is 47.5 Å². The van der Waals surface area contributed by atoms with E-state index in [9.17, 15) is 26.4 Å². The number of nitrogens with zero attached hydrogens (tertiary/aromatic N) is 3. The molecule has 1 fully saturated rings. The fourth-order valence-corrected chi connectivity index (χ4v) is 6.04. The van der Waals surface area contributed by atoms with Crippen LogP contribution in [0.25, 0.3) is 10.9 Å². The van der Waals surface area contributed by atoms with Gasteiger partial charge in [0.25, 0.3) is 5.91 Å². The first-order valence-electron chi connectivity index (χ1n) is 10.8. The second-order valence-electron chi connectivity index (χ2n) is 8.43. The highest BCUT2D eigenvalue weighted by Gasteiger charge is 2.43. The molecule has 3 aromatic rings. The summed E-state index contributed by atoms with van der Waals surface area (Å²) in [6.07, 6.45) is -3.20. The van der Waals surface area contributed by atoms with Crippen molar-refractivity contribution in [1.82, 2.24) is 19.2 Å². The number of fused-ring (bicyclic) bond motifs is 1. The molecule has 1 N–H and O–H groups in total. The molecule has 0 aliphatic carbocycles. The van der Waals surface area contributed by atoms with Gasteiger partial charge < -0.3 is 9.88 Å². The Morgan fingerprint density at radius 1 is 1.18 bits per heavy atom. The molecule has 1 aliphatic heterocycles. The quantitative estimate of drug-likeness (QED) is 0.585. The van der Waals surface area contributed by atoms with Gasteiger partial charge in [-0.3, -0.25) is 9.78 Å². The molecule has 7 nitrogen and oxygen atoms in total. The molecule has 1 amide bonds. The van der Waals surface area contributed by atoms with Gasteiger partial charge in [0.2, 0.25) is 10.0 Å². The van der Waals surface area contributed by atoms with Gasteiger partial charge in [-0.15, -0.1) is 0 Å². The number of benzene rings is 1. The minimum Gasteiger partial charge on any atom is -0.347 e. The summed E-state index contributed by atoms with van der Waals surface area (Å²) in [7, 11) is -2.45. The summed E-state index contributed by atoms with van der Waals surface area (Å²) in [5, 5.41) is 3.72. The lowest BCUT2D eigenvalue weighted by Gasteiger charge is -2.32. The van der Waals surface area contributed by atoms with E-state index in [-0.39, 0.29) is 43.1 Å². The molecule has 0 radical (unpaired) electrons. The lowest BCUT2D eigenvalue weighted by Crippen LogP contribution is -2.42. The van der Waals surface area contributed by atoms with Crippen molar-refractivity contribution >= 4 is 26.8 Å². The van der Waals surface area contributed by atoms with Crippen molar-refractivity contribution < 1.29 is 26.4 Å². The van der Waals surface area contributed by atoms with E-state index in [4.69, 9.17) is 0 Å². The molecule has 1 aromatic carbocycles. The third-order valence-electron chi connectivity index (χ3n) is 6.43. The number of nitrogens with one attached hydrogen (secondary N) is 1. The van der Waals surface area contributed by atoms with Crippen LogP contribution >= 0.6 is 0 Å². The highest BCUT2D eigenvalue weighted by molar-refractivity contribution is 7.89. The van der Waals surface area contributed by atoms with E-state index in [2.05, 4.69) is 10.3 Å². The summed E-state index contributed by atoms with van der Waals surface area (Å²) in [6.45, 7) is 1.37. The monoisotopic (exact) mass is 494 g/mol. The zero-order valence-electron chi connectivity index (χ0n) is 18.8. The van der Waals surface area contributed by atoms with Crippen LogP contribution in [-0.2, 0) is 23.6 Å². The van der Waals surface area contributed by atoms with Gasteiger partial charge in [-0.05, 0) is 43.5 Å². The molecule has 11 heteroatoms. The SMILES string of the molecule is Cc1c(S(=O)(=O)N2CCC(C(F)(F)F)CC2)cc(C(=O)NCc2cccc3ncccc23)n1C. The number of halogens is 3. The van der Waals surface area contributed by atoms with Crippen molar-refractivity contribution in [3.8, 4) is 0 Å². The van der Waals surface area contributed by atoms with Crippen LogP contribution in [0.4, 0.5) is 13.2 Å². The van der Waals surface area contributed by atoms with E-state index in [0.29, 0.717) is 5.69 Å². The van der Waals surface area contributed by atoms with Crippen molar-refractivity contribution in [2.24, 2.45) is 13.0 Å². The van der Waals surface area contributed by atoms with Gasteiger partial charge in [0.1, 0.15) is 10.6 Å². The highest BCUT2D eigenvalue weighted by Crippen LogP contribution is 2.36. The van der Waals surface area contributed by atoms with Crippen LogP contribution in [0.2, 0.25) is 0 Å². The Hall–Kier alpha value is -2.92. The van der Waals surface area contributed by atoms with Gasteiger partial charge in [0.15, 0.2) is 0 Å². The molecule has 34 heavy (non-hydrogen) atoms. The van der Waals surface area contributed by atoms with Crippen LogP contribution in [0.1, 0.15) is 34.6 Å². The Morgan fingerprint density at radius 2 is 1.88 bits per heavy atom. The second-order valence-corrected chi connectivity index (χ2v) is 10.3. The van der Waals surface area contributed by atoms with E-state index in [1.165, 1.54) is 10.6 Å². The number of hydrogen-bond acceptors (Lipinski definition) is 4. The number of carbonyl (C=O) groups excluding carboxylic acids is 1. The number of amides is 1. The number of pyridine rings is 1. The van der Waals surface area contributed by atoms with Crippen LogP contribution in [0.5, 0.6) is 0 Å². The number of rotatable bonds is 5. The van der Waals surface area contributed by atoms with Crippen molar-refractivity contribution in [1.29, 1.82) is 0 Å². The average molecular weight is 495 g/mol. The maximum absolute atomic E-state index is 13.2. The Bertz CT molecular complexity index is 1320. The normalized spacial score (nSPS) is 16.1. The van der Waals surface area contributed by atoms with Crippen molar-refractivity contribution in [3.05, 3.63) is 59.5 Å². The van der Waals surface area contributed by atoms with Crippen LogP contribution in [0.3, 0.4) is 0 Å². The van der Waals surface area contributed by atoms with Crippen molar-refractivity contribution in [2.45, 2.75) is 37.4 Å². The first-order valence-corrected chi connectivity index (χ1v) is 12.3. The molecule has 3 heterocycles. The molecule has 0 saturated carbocycles. The zero-order valence-corrected chi connectivity index (χ0v) is 19.6. The van der Waals surface area contributed by atoms with E-state index < -0.39 is 28.0 Å². The smallest absolute Gasteiger partial charge is 0.347 e. The molecule has 0 bridgehead atoms. The molecule has 2 aromatic heterocycles. The molecular formula is C23H25F3N4O3S. The van der Waals surface area contributed by atoms with Gasteiger partial charge in [-0.25, -0.2) is 8.42 Å². The van der Waals surface area contributed by atoms with Gasteiger partial charge in [0, 0.05) is 44.0 Å². The highest BCUT2D eigenvalue weighted by atomic mass is 32.2. The average Bonchev–Trinajstić information content (AvgIpc) is 3.12. The molecular weight excluding hydrogens is 469 g/mol. The lowest BCUT2D eigenvalue weighted by atomic mass is 9.98. The standard InChI is InChI=1S/C23H25F3N4O3S/c1-15-21(34(32,33)30-11-8-17(9-12-30)23(24,25)26)13-20(29(15)2)22(31)28-14-16-5-3-7-19-18(16)6-4-10-27-19/h3-7,10,13,17H,8-9,11-12,14H2,1-2H3,(H,28,31). The Kier molecular flexibility index (Phi) is 6.43. The Balaban J connectivity index is 1.52. The number of piperidine rings is 1. The minimum absolute atomic E-state index is 0.0695. The minimum atomic E-state index is -4.33. The topological polar surface area (TPSA) is 84.3 Å². The van der Waals surface area contributed by atoms with E-state index in [0.717, 1.165) is 20.8 Å². The van der Waals surface area contributed by atoms with Crippen molar-refractivity contribution in [2.75, 3.05) is 13.1 Å². The molecule has 1 saturated heterocycles. The van der Waals surface area contributed by atoms with Gasteiger partial charge in [0.05, 0.1) is 11.4 Å². The number of hydrogen-bond donors (Lipinski definition) is 1. The predicted molar refractivity (Wildman–Crippen MR) is 121 cm³/mol. The fraction of sp³-hybridized carbons (Fsp3) is 0.391. The predicted octanol–water partition coefficient (Wildman–Crippen LogP) is 3.77. The molecule has 0 atom stereocenters. The summed E-state index contributed by atoms with van der Waals surface area (Å²) < 4.78 is 67.8. The summed E-state index contributed by atoms with van der Waals surface area (Å²) in [5.41, 5.74) is 2.16. The van der Waals surface area contributed by atoms with Crippen LogP contribution in [-0.4, -0.2) is 47.4 Å². The Labute approximate surface area is 195 Å². The first kappa shape index (κ1) is 24.2. The number of aromatic nitrogens is 2.